The molecule has 0 aliphatic carbocycles. The highest BCUT2D eigenvalue weighted by Crippen LogP contribution is 2.39. The van der Waals surface area contributed by atoms with E-state index in [1.165, 1.54) is 0 Å². The number of halogens is 2. The van der Waals surface area contributed by atoms with Crippen molar-refractivity contribution in [3.05, 3.63) is 93.7 Å². The molecular formula is C27H23Cl2NO4. The van der Waals surface area contributed by atoms with Crippen molar-refractivity contribution in [1.29, 1.82) is 0 Å². The molecule has 4 aromatic rings. The zero-order chi connectivity index (χ0) is 24.2. The third kappa shape index (κ3) is 5.11. The fourth-order valence-electron chi connectivity index (χ4n) is 3.81. The molecule has 0 bridgehead atoms. The summed E-state index contributed by atoms with van der Waals surface area (Å²) >= 11 is 12.9. The SMILES string of the molecule is CC(C)c1onc(-c2c(Cl)cccc2Cl)c1COc1cc(CC(=O)O)ccc1-c1ccccc1. The lowest BCUT2D eigenvalue weighted by Crippen LogP contribution is -2.04. The van der Waals surface area contributed by atoms with E-state index in [1.54, 1.807) is 30.3 Å². The van der Waals surface area contributed by atoms with Crippen LogP contribution in [0.2, 0.25) is 10.0 Å². The molecule has 0 aliphatic heterocycles. The van der Waals surface area contributed by atoms with Gasteiger partial charge in [-0.1, -0.05) is 90.7 Å². The number of hydrogen-bond acceptors (Lipinski definition) is 4. The van der Waals surface area contributed by atoms with Gasteiger partial charge in [-0.05, 0) is 29.3 Å². The molecule has 7 heteroatoms. The zero-order valence-electron chi connectivity index (χ0n) is 18.7. The third-order valence-electron chi connectivity index (χ3n) is 5.40. The standard InChI is InChI=1S/C27H23Cl2NO4/c1-16(2)27-20(26(30-34-27)25-21(28)9-6-10-22(25)29)15-33-23-13-17(14-24(31)32)11-12-19(23)18-7-4-3-5-8-18/h3-13,16H,14-15H2,1-2H3,(H,31,32). The van der Waals surface area contributed by atoms with E-state index in [1.807, 2.05) is 50.2 Å². The van der Waals surface area contributed by atoms with Crippen molar-refractivity contribution in [3.8, 4) is 28.1 Å². The number of aliphatic carboxylic acids is 1. The Hall–Kier alpha value is -3.28. The first-order valence-electron chi connectivity index (χ1n) is 10.8. The highest BCUT2D eigenvalue weighted by Gasteiger charge is 2.24. The molecule has 0 aliphatic rings. The molecule has 0 saturated carbocycles. The van der Waals surface area contributed by atoms with Gasteiger partial charge in [0.25, 0.3) is 0 Å². The van der Waals surface area contributed by atoms with E-state index in [0.717, 1.165) is 16.7 Å². The molecular weight excluding hydrogens is 473 g/mol. The Bertz CT molecular complexity index is 1300. The third-order valence-corrected chi connectivity index (χ3v) is 6.03. The van der Waals surface area contributed by atoms with Crippen LogP contribution in [0.4, 0.5) is 0 Å². The molecule has 5 nitrogen and oxygen atoms in total. The summed E-state index contributed by atoms with van der Waals surface area (Å²) in [6, 6.07) is 20.5. The van der Waals surface area contributed by atoms with E-state index in [2.05, 4.69) is 5.16 Å². The minimum Gasteiger partial charge on any atom is -0.488 e. The predicted octanol–water partition coefficient (Wildman–Crippen LogP) is 7.64. The number of aromatic nitrogens is 1. The molecule has 0 spiro atoms. The number of hydrogen-bond donors (Lipinski definition) is 1. The second-order valence-corrected chi connectivity index (χ2v) is 9.00. The van der Waals surface area contributed by atoms with Gasteiger partial charge in [-0.15, -0.1) is 0 Å². The van der Waals surface area contributed by atoms with Gasteiger partial charge in [-0.2, -0.15) is 0 Å². The van der Waals surface area contributed by atoms with Gasteiger partial charge in [0.2, 0.25) is 0 Å². The summed E-state index contributed by atoms with van der Waals surface area (Å²) in [7, 11) is 0. The van der Waals surface area contributed by atoms with Gasteiger partial charge in [0.15, 0.2) is 0 Å². The topological polar surface area (TPSA) is 72.6 Å². The van der Waals surface area contributed by atoms with Gasteiger partial charge in [-0.3, -0.25) is 4.79 Å². The van der Waals surface area contributed by atoms with Crippen LogP contribution in [-0.2, 0) is 17.8 Å². The molecule has 0 amide bonds. The fourth-order valence-corrected chi connectivity index (χ4v) is 4.39. The molecule has 174 valence electrons. The molecule has 0 unspecified atom stereocenters. The summed E-state index contributed by atoms with van der Waals surface area (Å²) < 4.78 is 12.0. The maximum Gasteiger partial charge on any atom is 0.307 e. The second-order valence-electron chi connectivity index (χ2n) is 8.18. The van der Waals surface area contributed by atoms with Gasteiger partial charge in [-0.25, -0.2) is 0 Å². The smallest absolute Gasteiger partial charge is 0.307 e. The molecule has 0 atom stereocenters. The van der Waals surface area contributed by atoms with Crippen LogP contribution in [0, 0.1) is 0 Å². The average molecular weight is 496 g/mol. The van der Waals surface area contributed by atoms with Crippen LogP contribution in [-0.4, -0.2) is 16.2 Å². The maximum absolute atomic E-state index is 11.3. The van der Waals surface area contributed by atoms with Crippen molar-refractivity contribution >= 4 is 29.2 Å². The van der Waals surface area contributed by atoms with Crippen LogP contribution in [0.15, 0.2) is 71.3 Å². The largest absolute Gasteiger partial charge is 0.488 e. The molecule has 3 aromatic carbocycles. The van der Waals surface area contributed by atoms with Crippen molar-refractivity contribution in [1.82, 2.24) is 5.16 Å². The highest BCUT2D eigenvalue weighted by atomic mass is 35.5. The Labute approximate surface area is 207 Å². The first-order valence-corrected chi connectivity index (χ1v) is 11.6. The van der Waals surface area contributed by atoms with Crippen LogP contribution >= 0.6 is 23.2 Å². The fraction of sp³-hybridized carbons (Fsp3) is 0.185. The molecule has 0 fully saturated rings. The molecule has 0 saturated heterocycles. The van der Waals surface area contributed by atoms with Crippen molar-refractivity contribution in [2.45, 2.75) is 32.8 Å². The molecule has 1 aromatic heterocycles. The molecule has 4 rings (SSSR count). The van der Waals surface area contributed by atoms with Crippen molar-refractivity contribution in [3.63, 3.8) is 0 Å². The van der Waals surface area contributed by atoms with Gasteiger partial charge >= 0.3 is 5.97 Å². The van der Waals surface area contributed by atoms with Crippen molar-refractivity contribution < 1.29 is 19.2 Å². The Morgan fingerprint density at radius 3 is 2.38 bits per heavy atom. The average Bonchev–Trinajstić information content (AvgIpc) is 3.21. The van der Waals surface area contributed by atoms with Gasteiger partial charge in [0.05, 0.1) is 22.0 Å². The van der Waals surface area contributed by atoms with Gasteiger partial charge in [0, 0.05) is 17.0 Å². The number of benzene rings is 3. The number of nitrogens with zero attached hydrogens (tertiary/aromatic N) is 1. The van der Waals surface area contributed by atoms with Gasteiger partial charge < -0.3 is 14.4 Å². The Morgan fingerprint density at radius 2 is 1.74 bits per heavy atom. The summed E-state index contributed by atoms with van der Waals surface area (Å²) in [5.41, 5.74) is 4.32. The van der Waals surface area contributed by atoms with Crippen LogP contribution in [0.25, 0.3) is 22.4 Å². The number of ether oxygens (including phenoxy) is 1. The lowest BCUT2D eigenvalue weighted by atomic mass is 10.0. The highest BCUT2D eigenvalue weighted by molar-refractivity contribution is 6.39. The second kappa shape index (κ2) is 10.3. The molecule has 1 N–H and O–H groups in total. The van der Waals surface area contributed by atoms with E-state index in [0.29, 0.717) is 38.4 Å². The molecule has 0 radical (unpaired) electrons. The Balaban J connectivity index is 1.76. The molecule has 1 heterocycles. The molecule has 34 heavy (non-hydrogen) atoms. The van der Waals surface area contributed by atoms with Crippen LogP contribution in [0.5, 0.6) is 5.75 Å². The summed E-state index contributed by atoms with van der Waals surface area (Å²) in [5, 5.41) is 14.5. The lowest BCUT2D eigenvalue weighted by Gasteiger charge is -2.15. The first-order chi connectivity index (χ1) is 16.3. The number of carboxylic acids is 1. The Morgan fingerprint density at radius 1 is 1.03 bits per heavy atom. The Kier molecular flexibility index (Phi) is 7.25. The summed E-state index contributed by atoms with van der Waals surface area (Å²) in [5.74, 6) is 0.384. The van der Waals surface area contributed by atoms with E-state index in [9.17, 15) is 9.90 Å². The van der Waals surface area contributed by atoms with Crippen LogP contribution in [0.1, 0.15) is 36.7 Å². The number of carboxylic acid groups (broad SMARTS) is 1. The monoisotopic (exact) mass is 495 g/mol. The summed E-state index contributed by atoms with van der Waals surface area (Å²) in [4.78, 5) is 11.3. The lowest BCUT2D eigenvalue weighted by molar-refractivity contribution is -0.136. The van der Waals surface area contributed by atoms with E-state index in [-0.39, 0.29) is 18.9 Å². The normalized spacial score (nSPS) is 11.1. The number of rotatable bonds is 8. The quantitative estimate of drug-likeness (QED) is 0.271. The first kappa shape index (κ1) is 23.9. The minimum atomic E-state index is -0.907. The summed E-state index contributed by atoms with van der Waals surface area (Å²) in [6.45, 7) is 4.15. The minimum absolute atomic E-state index is 0.0491. The predicted molar refractivity (Wildman–Crippen MR) is 134 cm³/mol. The van der Waals surface area contributed by atoms with Crippen molar-refractivity contribution in [2.24, 2.45) is 0 Å². The van der Waals surface area contributed by atoms with Crippen LogP contribution < -0.4 is 4.74 Å². The zero-order valence-corrected chi connectivity index (χ0v) is 20.2. The summed E-state index contributed by atoms with van der Waals surface area (Å²) in [6.07, 6.45) is -0.101. The van der Waals surface area contributed by atoms with E-state index >= 15 is 0 Å². The maximum atomic E-state index is 11.3. The van der Waals surface area contributed by atoms with E-state index < -0.39 is 5.97 Å². The number of carbonyl (C=O) groups is 1. The van der Waals surface area contributed by atoms with E-state index in [4.69, 9.17) is 32.5 Å². The van der Waals surface area contributed by atoms with Crippen LogP contribution in [0.3, 0.4) is 0 Å². The van der Waals surface area contributed by atoms with Gasteiger partial charge in [0.1, 0.15) is 23.8 Å². The van der Waals surface area contributed by atoms with Crippen molar-refractivity contribution in [2.75, 3.05) is 0 Å².